The Morgan fingerprint density at radius 2 is 1.56 bits per heavy atom. The molecule has 0 aliphatic rings. The van der Waals surface area contributed by atoms with E-state index in [0.29, 0.717) is 42.9 Å². The van der Waals surface area contributed by atoms with Crippen molar-refractivity contribution < 1.29 is 14.2 Å². The van der Waals surface area contributed by atoms with Crippen molar-refractivity contribution in [2.75, 3.05) is 19.8 Å². The predicted molar refractivity (Wildman–Crippen MR) is 102 cm³/mol. The van der Waals surface area contributed by atoms with Crippen molar-refractivity contribution in [3.63, 3.8) is 0 Å². The van der Waals surface area contributed by atoms with Crippen LogP contribution in [0.15, 0.2) is 24.3 Å². The van der Waals surface area contributed by atoms with Crippen LogP contribution in [0.4, 0.5) is 0 Å². The lowest BCUT2D eigenvalue weighted by Crippen LogP contribution is -2.12. The zero-order valence-electron chi connectivity index (χ0n) is 15.3. The molecule has 0 aliphatic carbocycles. The van der Waals surface area contributed by atoms with E-state index >= 15 is 0 Å². The summed E-state index contributed by atoms with van der Waals surface area (Å²) in [4.78, 5) is 0. The average Bonchev–Trinajstić information content (AvgIpc) is 2.59. The van der Waals surface area contributed by atoms with Crippen LogP contribution in [0.2, 0.25) is 5.02 Å². The maximum Gasteiger partial charge on any atom is 0.179 e. The topological polar surface area (TPSA) is 53.7 Å². The molecule has 0 fully saturated rings. The Hall–Kier alpha value is -1.91. The van der Waals surface area contributed by atoms with Crippen LogP contribution >= 0.6 is 11.6 Å². The van der Waals surface area contributed by atoms with Crippen LogP contribution in [0.1, 0.15) is 29.2 Å². The number of aryl methyl sites for hydroxylation is 2. The summed E-state index contributed by atoms with van der Waals surface area (Å²) in [5.74, 6) is 2.05. The first-order valence-electron chi connectivity index (χ1n) is 8.45. The highest BCUT2D eigenvalue weighted by Crippen LogP contribution is 2.36. The monoisotopic (exact) mass is 363 g/mol. The largest absolute Gasteiger partial charge is 0.490 e. The zero-order valence-corrected chi connectivity index (χ0v) is 16.1. The number of nitrogens with two attached hydrogens (primary N) is 1. The van der Waals surface area contributed by atoms with E-state index in [1.54, 1.807) is 6.07 Å². The molecule has 0 unspecified atom stereocenters. The normalized spacial score (nSPS) is 10.6. The van der Waals surface area contributed by atoms with Crippen LogP contribution < -0.4 is 19.9 Å². The van der Waals surface area contributed by atoms with E-state index in [1.165, 1.54) is 5.56 Å². The third-order valence-electron chi connectivity index (χ3n) is 4.05. The Balaban J connectivity index is 2.04. The van der Waals surface area contributed by atoms with Crippen LogP contribution in [0.25, 0.3) is 0 Å². The van der Waals surface area contributed by atoms with Gasteiger partial charge in [0.05, 0.1) is 11.6 Å². The molecule has 2 N–H and O–H groups in total. The third kappa shape index (κ3) is 4.80. The van der Waals surface area contributed by atoms with Crippen molar-refractivity contribution in [2.45, 2.75) is 34.2 Å². The second-order valence-corrected chi connectivity index (χ2v) is 6.30. The van der Waals surface area contributed by atoms with Gasteiger partial charge < -0.3 is 19.9 Å². The Kier molecular flexibility index (Phi) is 6.97. The fraction of sp³-hybridized carbons (Fsp3) is 0.400. The number of hydrogen-bond donors (Lipinski definition) is 1. The number of ether oxygens (including phenoxy) is 3. The van der Waals surface area contributed by atoms with Gasteiger partial charge in [0.25, 0.3) is 0 Å². The van der Waals surface area contributed by atoms with E-state index in [0.717, 1.165) is 22.4 Å². The molecule has 2 rings (SSSR count). The van der Waals surface area contributed by atoms with Crippen LogP contribution in [0.5, 0.6) is 17.2 Å². The van der Waals surface area contributed by atoms with Crippen molar-refractivity contribution in [3.05, 3.63) is 51.5 Å². The van der Waals surface area contributed by atoms with Crippen molar-refractivity contribution in [2.24, 2.45) is 5.73 Å². The fourth-order valence-corrected chi connectivity index (χ4v) is 2.87. The summed E-state index contributed by atoms with van der Waals surface area (Å²) in [5.41, 5.74) is 10.1. The summed E-state index contributed by atoms with van der Waals surface area (Å²) in [5, 5.41) is 0.495. The third-order valence-corrected chi connectivity index (χ3v) is 4.34. The van der Waals surface area contributed by atoms with Gasteiger partial charge in [-0.15, -0.1) is 0 Å². The summed E-state index contributed by atoms with van der Waals surface area (Å²) in [6, 6.07) is 7.82. The highest BCUT2D eigenvalue weighted by Gasteiger charge is 2.13. The second kappa shape index (κ2) is 8.97. The lowest BCUT2D eigenvalue weighted by Gasteiger charge is -2.17. The molecular formula is C20H26ClNO3. The van der Waals surface area contributed by atoms with E-state index in [4.69, 9.17) is 31.5 Å². The number of hydrogen-bond acceptors (Lipinski definition) is 4. The molecule has 0 heterocycles. The smallest absolute Gasteiger partial charge is 0.179 e. The quantitative estimate of drug-likeness (QED) is 0.697. The van der Waals surface area contributed by atoms with Crippen molar-refractivity contribution in [3.8, 4) is 17.2 Å². The summed E-state index contributed by atoms with van der Waals surface area (Å²) < 4.78 is 17.4. The van der Waals surface area contributed by atoms with Gasteiger partial charge in [0.15, 0.2) is 11.5 Å². The summed E-state index contributed by atoms with van der Waals surface area (Å²) in [6.07, 6.45) is 0. The zero-order chi connectivity index (χ0) is 18.4. The molecule has 136 valence electrons. The molecule has 0 aromatic heterocycles. The van der Waals surface area contributed by atoms with E-state index < -0.39 is 0 Å². The van der Waals surface area contributed by atoms with Crippen LogP contribution in [-0.4, -0.2) is 19.8 Å². The van der Waals surface area contributed by atoms with Gasteiger partial charge >= 0.3 is 0 Å². The van der Waals surface area contributed by atoms with Crippen molar-refractivity contribution in [1.82, 2.24) is 0 Å². The molecule has 5 heteroatoms. The van der Waals surface area contributed by atoms with Gasteiger partial charge in [0.1, 0.15) is 19.0 Å². The predicted octanol–water partition coefficient (Wildman–Crippen LogP) is 4.58. The molecular weight excluding hydrogens is 338 g/mol. The summed E-state index contributed by atoms with van der Waals surface area (Å²) in [6.45, 7) is 9.81. The summed E-state index contributed by atoms with van der Waals surface area (Å²) in [7, 11) is 0. The first kappa shape index (κ1) is 19.4. The standard InChI is InChI=1S/C20H26ClNO3/c1-5-23-18-11-16(12-22)10-17(21)20(18)25-9-8-24-19-14(3)7-6-13(2)15(19)4/h6-7,10-11H,5,8-9,12,22H2,1-4H3. The molecule has 0 radical (unpaired) electrons. The van der Waals surface area contributed by atoms with Gasteiger partial charge in [-0.2, -0.15) is 0 Å². The lowest BCUT2D eigenvalue weighted by molar-refractivity contribution is 0.207. The molecule has 25 heavy (non-hydrogen) atoms. The lowest BCUT2D eigenvalue weighted by atomic mass is 10.1. The molecule has 0 amide bonds. The van der Waals surface area contributed by atoms with E-state index in [1.807, 2.05) is 19.9 Å². The number of halogens is 1. The molecule has 2 aromatic rings. The van der Waals surface area contributed by atoms with Gasteiger partial charge in [0.2, 0.25) is 0 Å². The van der Waals surface area contributed by atoms with Crippen molar-refractivity contribution >= 4 is 11.6 Å². The Labute approximate surface area is 154 Å². The molecule has 0 bridgehead atoms. The van der Waals surface area contributed by atoms with E-state index in [-0.39, 0.29) is 0 Å². The van der Waals surface area contributed by atoms with Crippen LogP contribution in [0.3, 0.4) is 0 Å². The minimum absolute atomic E-state index is 0.370. The second-order valence-electron chi connectivity index (χ2n) is 5.89. The molecule has 0 atom stereocenters. The van der Waals surface area contributed by atoms with E-state index in [9.17, 15) is 0 Å². The minimum atomic E-state index is 0.370. The van der Waals surface area contributed by atoms with Crippen LogP contribution in [-0.2, 0) is 6.54 Å². The minimum Gasteiger partial charge on any atom is -0.490 e. The molecule has 0 aliphatic heterocycles. The molecule has 0 saturated heterocycles. The van der Waals surface area contributed by atoms with Crippen LogP contribution in [0, 0.1) is 20.8 Å². The molecule has 0 spiro atoms. The highest BCUT2D eigenvalue weighted by atomic mass is 35.5. The highest BCUT2D eigenvalue weighted by molar-refractivity contribution is 6.32. The molecule has 0 saturated carbocycles. The number of benzene rings is 2. The van der Waals surface area contributed by atoms with Gasteiger partial charge in [-0.25, -0.2) is 0 Å². The first-order valence-corrected chi connectivity index (χ1v) is 8.83. The van der Waals surface area contributed by atoms with Gasteiger partial charge in [-0.05, 0) is 62.1 Å². The SMILES string of the molecule is CCOc1cc(CN)cc(Cl)c1OCCOc1c(C)ccc(C)c1C. The average molecular weight is 364 g/mol. The fourth-order valence-electron chi connectivity index (χ4n) is 2.58. The summed E-state index contributed by atoms with van der Waals surface area (Å²) >= 11 is 6.31. The van der Waals surface area contributed by atoms with Crippen molar-refractivity contribution in [1.29, 1.82) is 0 Å². The first-order chi connectivity index (χ1) is 12.0. The van der Waals surface area contributed by atoms with Gasteiger partial charge in [-0.1, -0.05) is 23.7 Å². The molecule has 2 aromatic carbocycles. The number of rotatable bonds is 8. The maximum atomic E-state index is 6.31. The maximum absolute atomic E-state index is 6.31. The van der Waals surface area contributed by atoms with E-state index in [2.05, 4.69) is 26.0 Å². The Bertz CT molecular complexity index is 731. The van der Waals surface area contributed by atoms with Gasteiger partial charge in [-0.3, -0.25) is 0 Å². The van der Waals surface area contributed by atoms with Gasteiger partial charge in [0, 0.05) is 6.54 Å². The Morgan fingerprint density at radius 1 is 0.920 bits per heavy atom. The molecule has 4 nitrogen and oxygen atoms in total. The Morgan fingerprint density at radius 3 is 2.20 bits per heavy atom.